The van der Waals surface area contributed by atoms with Crippen LogP contribution in [-0.4, -0.2) is 0 Å². The average molecular weight is 485 g/mol. The van der Waals surface area contributed by atoms with E-state index in [1.807, 2.05) is 0 Å². The van der Waals surface area contributed by atoms with Crippen molar-refractivity contribution in [3.63, 3.8) is 0 Å². The van der Waals surface area contributed by atoms with Gasteiger partial charge in [-0.2, -0.15) is 0 Å². The summed E-state index contributed by atoms with van der Waals surface area (Å²) in [6, 6.07) is 50.2. The van der Waals surface area contributed by atoms with Crippen molar-refractivity contribution in [3.8, 4) is 22.6 Å². The van der Waals surface area contributed by atoms with Gasteiger partial charge in [0.05, 0.1) is 0 Å². The van der Waals surface area contributed by atoms with Crippen molar-refractivity contribution in [1.82, 2.24) is 0 Å². The Balaban J connectivity index is 1.37. The molecule has 0 radical (unpaired) electrons. The molecule has 0 saturated carbocycles. The molecule has 178 valence electrons. The number of rotatable bonds is 2. The van der Waals surface area contributed by atoms with Gasteiger partial charge in [0, 0.05) is 17.0 Å². The van der Waals surface area contributed by atoms with Gasteiger partial charge in [-0.1, -0.05) is 127 Å². The van der Waals surface area contributed by atoms with Crippen molar-refractivity contribution in [2.24, 2.45) is 0 Å². The van der Waals surface area contributed by atoms with Gasteiger partial charge in [0.1, 0.15) is 11.5 Å². The molecule has 0 amide bonds. The normalized spacial score (nSPS) is 12.8. The Kier molecular flexibility index (Phi) is 4.65. The fourth-order valence-corrected chi connectivity index (χ4v) is 6.25. The molecule has 0 fully saturated rings. The third kappa shape index (κ3) is 3.19. The highest BCUT2D eigenvalue weighted by Crippen LogP contribution is 2.52. The van der Waals surface area contributed by atoms with Crippen molar-refractivity contribution in [2.75, 3.05) is 0 Å². The SMILES string of the molecule is c1ccc2c(-c3ccc(C4c5c(ccc6ccccc56)Oc5ccc6ccccc6c54)cc3)cccc2c1. The lowest BCUT2D eigenvalue weighted by Crippen LogP contribution is -2.13. The van der Waals surface area contributed by atoms with Gasteiger partial charge in [0.25, 0.3) is 0 Å². The van der Waals surface area contributed by atoms with E-state index in [1.165, 1.54) is 60.1 Å². The first kappa shape index (κ1) is 21.2. The predicted octanol–water partition coefficient (Wildman–Crippen LogP) is 10.1. The molecule has 7 aromatic carbocycles. The number of hydrogen-bond acceptors (Lipinski definition) is 1. The van der Waals surface area contributed by atoms with Gasteiger partial charge < -0.3 is 4.74 Å². The number of fused-ring (bicyclic) bond motifs is 7. The summed E-state index contributed by atoms with van der Waals surface area (Å²) in [6.07, 6.45) is 0. The fraction of sp³-hybridized carbons (Fsp3) is 0.0270. The van der Waals surface area contributed by atoms with Crippen LogP contribution in [-0.2, 0) is 0 Å². The largest absolute Gasteiger partial charge is 0.457 e. The molecule has 0 aliphatic carbocycles. The van der Waals surface area contributed by atoms with Gasteiger partial charge >= 0.3 is 0 Å². The molecule has 1 heteroatoms. The van der Waals surface area contributed by atoms with E-state index in [4.69, 9.17) is 4.74 Å². The lowest BCUT2D eigenvalue weighted by molar-refractivity contribution is 0.456. The van der Waals surface area contributed by atoms with Crippen molar-refractivity contribution in [1.29, 1.82) is 0 Å². The number of benzene rings is 7. The molecule has 0 spiro atoms. The quantitative estimate of drug-likeness (QED) is 0.237. The molecule has 1 aliphatic heterocycles. The first-order valence-electron chi connectivity index (χ1n) is 13.1. The summed E-state index contributed by atoms with van der Waals surface area (Å²) in [7, 11) is 0. The molecule has 0 aromatic heterocycles. The van der Waals surface area contributed by atoms with Crippen molar-refractivity contribution < 1.29 is 4.74 Å². The van der Waals surface area contributed by atoms with Gasteiger partial charge in [0.15, 0.2) is 0 Å². The van der Waals surface area contributed by atoms with Crippen LogP contribution in [0.5, 0.6) is 11.5 Å². The summed E-state index contributed by atoms with van der Waals surface area (Å²) >= 11 is 0. The van der Waals surface area contributed by atoms with Gasteiger partial charge in [-0.15, -0.1) is 0 Å². The first-order chi connectivity index (χ1) is 18.8. The molecule has 0 atom stereocenters. The van der Waals surface area contributed by atoms with Crippen LogP contribution in [0.4, 0.5) is 0 Å². The molecular formula is C37H24O. The molecule has 0 saturated heterocycles. The molecule has 0 bridgehead atoms. The Morgan fingerprint density at radius 2 is 0.895 bits per heavy atom. The summed E-state index contributed by atoms with van der Waals surface area (Å²) in [5.41, 5.74) is 6.24. The lowest BCUT2D eigenvalue weighted by atomic mass is 9.78. The molecule has 1 heterocycles. The fourth-order valence-electron chi connectivity index (χ4n) is 6.25. The highest BCUT2D eigenvalue weighted by atomic mass is 16.5. The van der Waals surface area contributed by atoms with Crippen molar-refractivity contribution in [2.45, 2.75) is 5.92 Å². The zero-order chi connectivity index (χ0) is 25.1. The summed E-state index contributed by atoms with van der Waals surface area (Å²) in [4.78, 5) is 0. The minimum Gasteiger partial charge on any atom is -0.457 e. The van der Waals surface area contributed by atoms with Gasteiger partial charge in [-0.25, -0.2) is 0 Å². The van der Waals surface area contributed by atoms with Crippen molar-refractivity contribution >= 4 is 32.3 Å². The zero-order valence-electron chi connectivity index (χ0n) is 20.8. The number of hydrogen-bond donors (Lipinski definition) is 0. The van der Waals surface area contributed by atoms with E-state index < -0.39 is 0 Å². The smallest absolute Gasteiger partial charge is 0.132 e. The van der Waals surface area contributed by atoms with Crippen LogP contribution >= 0.6 is 0 Å². The maximum atomic E-state index is 6.59. The second-order valence-electron chi connectivity index (χ2n) is 10.1. The second kappa shape index (κ2) is 8.33. The summed E-state index contributed by atoms with van der Waals surface area (Å²) in [5.74, 6) is 1.94. The molecule has 0 N–H and O–H groups in total. The predicted molar refractivity (Wildman–Crippen MR) is 158 cm³/mol. The molecule has 38 heavy (non-hydrogen) atoms. The molecule has 0 unspecified atom stereocenters. The standard InChI is InChI=1S/C37H24O/c1-4-12-29-24(8-1)11-7-15-30(29)27-16-18-28(19-17-27)35-36-31-13-5-2-9-25(31)20-22-33(36)38-34-23-21-26-10-3-6-14-32(26)37(34)35/h1-23,35H. The summed E-state index contributed by atoms with van der Waals surface area (Å²) in [5, 5.41) is 7.49. The van der Waals surface area contributed by atoms with Gasteiger partial charge in [0.2, 0.25) is 0 Å². The first-order valence-corrected chi connectivity index (χ1v) is 13.1. The van der Waals surface area contributed by atoms with E-state index in [0.29, 0.717) is 0 Å². The monoisotopic (exact) mass is 484 g/mol. The van der Waals surface area contributed by atoms with Crippen LogP contribution in [0.2, 0.25) is 0 Å². The Morgan fingerprint density at radius 1 is 0.395 bits per heavy atom. The molecular weight excluding hydrogens is 460 g/mol. The second-order valence-corrected chi connectivity index (χ2v) is 10.1. The Morgan fingerprint density at radius 3 is 1.50 bits per heavy atom. The maximum Gasteiger partial charge on any atom is 0.132 e. The highest BCUT2D eigenvalue weighted by Gasteiger charge is 2.32. The van der Waals surface area contributed by atoms with E-state index in [-0.39, 0.29) is 5.92 Å². The minimum atomic E-state index is 0.0625. The van der Waals surface area contributed by atoms with Crippen LogP contribution < -0.4 is 4.74 Å². The van der Waals surface area contributed by atoms with E-state index in [0.717, 1.165) is 11.5 Å². The molecule has 1 nitrogen and oxygen atoms in total. The van der Waals surface area contributed by atoms with E-state index in [9.17, 15) is 0 Å². The third-order valence-corrected chi connectivity index (χ3v) is 8.00. The Bertz CT molecular complexity index is 1910. The zero-order valence-corrected chi connectivity index (χ0v) is 20.8. The van der Waals surface area contributed by atoms with Crippen molar-refractivity contribution in [3.05, 3.63) is 156 Å². The summed E-state index contributed by atoms with van der Waals surface area (Å²) in [6.45, 7) is 0. The van der Waals surface area contributed by atoms with Crippen LogP contribution in [0, 0.1) is 0 Å². The van der Waals surface area contributed by atoms with Crippen LogP contribution in [0.15, 0.2) is 140 Å². The van der Waals surface area contributed by atoms with Crippen LogP contribution in [0.25, 0.3) is 43.4 Å². The van der Waals surface area contributed by atoms with Gasteiger partial charge in [-0.05, 0) is 61.1 Å². The van der Waals surface area contributed by atoms with Crippen LogP contribution in [0.1, 0.15) is 22.6 Å². The lowest BCUT2D eigenvalue weighted by Gasteiger charge is -2.31. The minimum absolute atomic E-state index is 0.0625. The van der Waals surface area contributed by atoms with Gasteiger partial charge in [-0.3, -0.25) is 0 Å². The van der Waals surface area contributed by atoms with E-state index in [2.05, 4.69) is 140 Å². The highest BCUT2D eigenvalue weighted by molar-refractivity contribution is 5.97. The molecule has 8 rings (SSSR count). The third-order valence-electron chi connectivity index (χ3n) is 8.00. The maximum absolute atomic E-state index is 6.59. The molecule has 1 aliphatic rings. The van der Waals surface area contributed by atoms with E-state index in [1.54, 1.807) is 0 Å². The molecule has 7 aromatic rings. The summed E-state index contributed by atoms with van der Waals surface area (Å²) < 4.78 is 6.59. The Labute approximate surface area is 221 Å². The Hall–Kier alpha value is -4.88. The van der Waals surface area contributed by atoms with E-state index >= 15 is 0 Å². The average Bonchev–Trinajstić information content (AvgIpc) is 2.99. The topological polar surface area (TPSA) is 9.23 Å². The number of ether oxygens (including phenoxy) is 1. The van der Waals surface area contributed by atoms with Crippen LogP contribution in [0.3, 0.4) is 0 Å².